The summed E-state index contributed by atoms with van der Waals surface area (Å²) >= 11 is 0. The van der Waals surface area contributed by atoms with Crippen molar-refractivity contribution in [3.8, 4) is 17.3 Å². The lowest BCUT2D eigenvalue weighted by Gasteiger charge is -1.96. The molecule has 106 valence electrons. The fourth-order valence-corrected chi connectivity index (χ4v) is 2.30. The third-order valence-electron chi connectivity index (χ3n) is 3.29. The molecule has 3 aromatic rings. The Morgan fingerprint density at radius 3 is 2.90 bits per heavy atom. The van der Waals surface area contributed by atoms with Gasteiger partial charge in [-0.05, 0) is 31.2 Å². The van der Waals surface area contributed by atoms with Gasteiger partial charge in [0, 0.05) is 16.6 Å². The number of hydrogen-bond acceptors (Lipinski definition) is 2. The Morgan fingerprint density at radius 2 is 2.14 bits per heavy atom. The number of aromatic nitrogens is 3. The summed E-state index contributed by atoms with van der Waals surface area (Å²) in [6.45, 7) is 5.50. The number of benzene rings is 1. The predicted molar refractivity (Wildman–Crippen MR) is 81.5 cm³/mol. The third-order valence-corrected chi connectivity index (χ3v) is 3.29. The van der Waals surface area contributed by atoms with Crippen LogP contribution in [0.1, 0.15) is 11.4 Å². The summed E-state index contributed by atoms with van der Waals surface area (Å²) < 4.78 is 13.4. The van der Waals surface area contributed by atoms with E-state index in [1.165, 1.54) is 12.1 Å². The summed E-state index contributed by atoms with van der Waals surface area (Å²) in [6, 6.07) is 4.30. The van der Waals surface area contributed by atoms with Gasteiger partial charge >= 0.3 is 0 Å². The van der Waals surface area contributed by atoms with Crippen molar-refractivity contribution >= 4 is 17.0 Å². The quantitative estimate of drug-likeness (QED) is 0.638. The molecule has 0 aliphatic rings. The number of nitrogens with one attached hydrogen (secondary N) is 2. The van der Waals surface area contributed by atoms with E-state index in [0.29, 0.717) is 22.3 Å². The topological polar surface area (TPSA) is 64.7 Å². The summed E-state index contributed by atoms with van der Waals surface area (Å²) in [4.78, 5) is 10.4. The van der Waals surface area contributed by atoms with E-state index in [4.69, 9.17) is 0 Å². The van der Waals surface area contributed by atoms with E-state index in [2.05, 4.69) is 21.5 Å². The second kappa shape index (κ2) is 4.94. The van der Waals surface area contributed by atoms with Crippen molar-refractivity contribution in [2.75, 3.05) is 0 Å². The number of aryl methyl sites for hydroxylation is 1. The smallest absolute Gasteiger partial charge is 0.200 e. The SMILES string of the molecule is C=C/C=C\c1nc(-c2c(O)[nH]c3ccc(F)cc23)[nH]c1C. The van der Waals surface area contributed by atoms with Crippen LogP contribution in [0.5, 0.6) is 5.88 Å². The van der Waals surface area contributed by atoms with Gasteiger partial charge in [0.15, 0.2) is 0 Å². The van der Waals surface area contributed by atoms with Crippen LogP contribution in [0, 0.1) is 12.7 Å². The molecule has 0 saturated carbocycles. The zero-order valence-electron chi connectivity index (χ0n) is 11.4. The van der Waals surface area contributed by atoms with E-state index in [0.717, 1.165) is 11.4 Å². The van der Waals surface area contributed by atoms with Gasteiger partial charge in [-0.25, -0.2) is 9.37 Å². The van der Waals surface area contributed by atoms with Crippen molar-refractivity contribution in [3.05, 3.63) is 54.1 Å². The molecular formula is C16H14FN3O. The first-order chi connectivity index (χ1) is 10.1. The minimum atomic E-state index is -0.363. The maximum absolute atomic E-state index is 13.4. The zero-order chi connectivity index (χ0) is 15.0. The van der Waals surface area contributed by atoms with Crippen molar-refractivity contribution in [1.29, 1.82) is 0 Å². The zero-order valence-corrected chi connectivity index (χ0v) is 11.4. The van der Waals surface area contributed by atoms with Gasteiger partial charge in [0.05, 0.1) is 11.3 Å². The van der Waals surface area contributed by atoms with E-state index < -0.39 is 0 Å². The van der Waals surface area contributed by atoms with Crippen LogP contribution < -0.4 is 0 Å². The van der Waals surface area contributed by atoms with Crippen LogP contribution >= 0.6 is 0 Å². The number of hydrogen-bond donors (Lipinski definition) is 3. The molecule has 3 N–H and O–H groups in total. The number of nitrogens with zero attached hydrogens (tertiary/aromatic N) is 1. The summed E-state index contributed by atoms with van der Waals surface area (Å²) in [6.07, 6.45) is 5.25. The lowest BCUT2D eigenvalue weighted by Crippen LogP contribution is -1.81. The van der Waals surface area contributed by atoms with Crippen molar-refractivity contribution in [2.24, 2.45) is 0 Å². The highest BCUT2D eigenvalue weighted by molar-refractivity contribution is 5.97. The van der Waals surface area contributed by atoms with Crippen LogP contribution in [0.15, 0.2) is 36.9 Å². The molecule has 2 heterocycles. The average Bonchev–Trinajstić information content (AvgIpc) is 2.95. The summed E-state index contributed by atoms with van der Waals surface area (Å²) in [5, 5.41) is 10.7. The van der Waals surface area contributed by atoms with Gasteiger partial charge in [-0.2, -0.15) is 0 Å². The number of fused-ring (bicyclic) bond motifs is 1. The van der Waals surface area contributed by atoms with Crippen molar-refractivity contribution in [2.45, 2.75) is 6.92 Å². The molecule has 0 saturated heterocycles. The van der Waals surface area contributed by atoms with Crippen LogP contribution in [-0.2, 0) is 0 Å². The van der Waals surface area contributed by atoms with Gasteiger partial charge in [0.25, 0.3) is 0 Å². The van der Waals surface area contributed by atoms with Crippen LogP contribution in [0.25, 0.3) is 28.4 Å². The predicted octanol–water partition coefficient (Wildman–Crippen LogP) is 3.91. The first-order valence-corrected chi connectivity index (χ1v) is 6.46. The van der Waals surface area contributed by atoms with Crippen LogP contribution in [-0.4, -0.2) is 20.1 Å². The normalized spacial score (nSPS) is 11.5. The Balaban J connectivity index is 2.20. The van der Waals surface area contributed by atoms with Crippen LogP contribution in [0.3, 0.4) is 0 Å². The molecule has 21 heavy (non-hydrogen) atoms. The lowest BCUT2D eigenvalue weighted by atomic mass is 10.1. The molecule has 0 fully saturated rings. The van der Waals surface area contributed by atoms with E-state index in [1.54, 1.807) is 18.2 Å². The molecule has 0 radical (unpaired) electrons. The second-order valence-electron chi connectivity index (χ2n) is 4.73. The maximum atomic E-state index is 13.4. The molecule has 2 aromatic heterocycles. The monoisotopic (exact) mass is 283 g/mol. The summed E-state index contributed by atoms with van der Waals surface area (Å²) in [5.41, 5.74) is 2.72. The highest BCUT2D eigenvalue weighted by Crippen LogP contribution is 2.35. The summed E-state index contributed by atoms with van der Waals surface area (Å²) in [7, 11) is 0. The maximum Gasteiger partial charge on any atom is 0.200 e. The minimum absolute atomic E-state index is 0.0383. The number of rotatable bonds is 3. The third kappa shape index (κ3) is 2.23. The Kier molecular flexibility index (Phi) is 3.10. The Hall–Kier alpha value is -2.82. The molecule has 0 aliphatic carbocycles. The highest BCUT2D eigenvalue weighted by atomic mass is 19.1. The van der Waals surface area contributed by atoms with Crippen molar-refractivity contribution < 1.29 is 9.50 Å². The van der Waals surface area contributed by atoms with Gasteiger partial charge in [-0.1, -0.05) is 18.7 Å². The van der Waals surface area contributed by atoms with E-state index >= 15 is 0 Å². The number of imidazole rings is 1. The van der Waals surface area contributed by atoms with Crippen LogP contribution in [0.2, 0.25) is 0 Å². The molecule has 0 amide bonds. The molecule has 0 spiro atoms. The number of aromatic hydroxyl groups is 1. The van der Waals surface area contributed by atoms with E-state index in [9.17, 15) is 9.50 Å². The molecule has 4 nitrogen and oxygen atoms in total. The van der Waals surface area contributed by atoms with E-state index in [1.807, 2.05) is 13.0 Å². The first kappa shape index (κ1) is 13.2. The Morgan fingerprint density at radius 1 is 1.33 bits per heavy atom. The molecular weight excluding hydrogens is 269 g/mol. The number of H-pyrrole nitrogens is 2. The van der Waals surface area contributed by atoms with Crippen molar-refractivity contribution in [3.63, 3.8) is 0 Å². The molecule has 0 unspecified atom stereocenters. The van der Waals surface area contributed by atoms with Gasteiger partial charge in [-0.15, -0.1) is 0 Å². The fourth-order valence-electron chi connectivity index (χ4n) is 2.30. The molecule has 5 heteroatoms. The lowest BCUT2D eigenvalue weighted by molar-refractivity contribution is 0.460. The largest absolute Gasteiger partial charge is 0.494 e. The van der Waals surface area contributed by atoms with Gasteiger partial charge in [-0.3, -0.25) is 0 Å². The average molecular weight is 283 g/mol. The standard InChI is InChI=1S/C16H14FN3O/c1-3-4-5-12-9(2)18-15(19-12)14-11-8-10(17)6-7-13(11)20-16(14)21/h3-8,20-21H,1H2,2H3,(H,18,19)/b5-4-. The van der Waals surface area contributed by atoms with Crippen LogP contribution in [0.4, 0.5) is 4.39 Å². The molecule has 0 aliphatic heterocycles. The highest BCUT2D eigenvalue weighted by Gasteiger charge is 2.17. The molecule has 0 atom stereocenters. The molecule has 0 bridgehead atoms. The van der Waals surface area contributed by atoms with Gasteiger partial charge < -0.3 is 15.1 Å². The van der Waals surface area contributed by atoms with Crippen molar-refractivity contribution in [1.82, 2.24) is 15.0 Å². The minimum Gasteiger partial charge on any atom is -0.494 e. The van der Waals surface area contributed by atoms with Gasteiger partial charge in [0.1, 0.15) is 11.6 Å². The number of aromatic amines is 2. The Bertz CT molecular complexity index is 858. The second-order valence-corrected chi connectivity index (χ2v) is 4.73. The number of halogens is 1. The molecule has 3 rings (SSSR count). The van der Waals surface area contributed by atoms with E-state index in [-0.39, 0.29) is 11.7 Å². The Labute approximate surface area is 120 Å². The molecule has 1 aromatic carbocycles. The first-order valence-electron chi connectivity index (χ1n) is 6.46. The fraction of sp³-hybridized carbons (Fsp3) is 0.0625. The summed E-state index contributed by atoms with van der Waals surface area (Å²) in [5.74, 6) is 0.0898. The van der Waals surface area contributed by atoms with Gasteiger partial charge in [0.2, 0.25) is 5.88 Å². The number of allylic oxidation sites excluding steroid dienone is 2.